The van der Waals surface area contributed by atoms with Crippen LogP contribution >= 0.6 is 11.3 Å². The monoisotopic (exact) mass is 299 g/mol. The molecule has 6 heteroatoms. The van der Waals surface area contributed by atoms with Gasteiger partial charge in [-0.15, -0.1) is 11.3 Å². The number of pyridine rings is 1. The van der Waals surface area contributed by atoms with Gasteiger partial charge in [0.25, 0.3) is 0 Å². The van der Waals surface area contributed by atoms with Gasteiger partial charge in [0.05, 0.1) is 6.61 Å². The van der Waals surface area contributed by atoms with E-state index in [0.29, 0.717) is 17.3 Å². The number of thiazole rings is 1. The molecule has 0 unspecified atom stereocenters. The Labute approximate surface area is 125 Å². The van der Waals surface area contributed by atoms with Crippen LogP contribution in [-0.2, 0) is 0 Å². The normalized spacial score (nSPS) is 11.3. The number of hydrogen-bond acceptors (Lipinski definition) is 5. The van der Waals surface area contributed by atoms with Crippen molar-refractivity contribution in [1.29, 1.82) is 0 Å². The number of hydrogen-bond donors (Lipinski definition) is 0. The molecule has 21 heavy (non-hydrogen) atoms. The third-order valence-corrected chi connectivity index (χ3v) is 3.61. The molecule has 0 atom stereocenters. The van der Waals surface area contributed by atoms with Crippen LogP contribution in [-0.4, -0.2) is 21.0 Å². The van der Waals surface area contributed by atoms with E-state index in [1.807, 2.05) is 30.5 Å². The van der Waals surface area contributed by atoms with Gasteiger partial charge < -0.3 is 4.74 Å². The summed E-state index contributed by atoms with van der Waals surface area (Å²) in [5.41, 5.74) is 1.29. The Balaban J connectivity index is 2.10. The van der Waals surface area contributed by atoms with Gasteiger partial charge >= 0.3 is 5.56 Å². The van der Waals surface area contributed by atoms with Gasteiger partial charge in [0.2, 0.25) is 5.75 Å². The van der Waals surface area contributed by atoms with Gasteiger partial charge in [0.15, 0.2) is 4.96 Å². The smallest absolute Gasteiger partial charge is 0.301 e. The molecule has 0 spiro atoms. The number of aromatic nitrogens is 3. The van der Waals surface area contributed by atoms with Gasteiger partial charge in [-0.1, -0.05) is 12.1 Å². The fourth-order valence-electron chi connectivity index (χ4n) is 1.92. The molecular formula is C15H13N3O2S. The number of fused-ring (bicyclic) bond motifs is 1. The van der Waals surface area contributed by atoms with Gasteiger partial charge in [-0.25, -0.2) is 4.98 Å². The maximum absolute atomic E-state index is 12.4. The quantitative estimate of drug-likeness (QED) is 0.743. The van der Waals surface area contributed by atoms with E-state index in [-0.39, 0.29) is 11.3 Å². The first kappa shape index (κ1) is 13.5. The standard InChI is InChI=1S/C15H13N3O2S/c1-2-20-13-12(6-5-11-4-3-7-16-10-11)17-15-18(14(13)19)8-9-21-15/h3-10H,2H2,1H3/b6-5+. The molecule has 3 rings (SSSR count). The van der Waals surface area contributed by atoms with E-state index in [1.165, 1.54) is 15.7 Å². The zero-order valence-corrected chi connectivity index (χ0v) is 12.2. The molecule has 0 fully saturated rings. The molecule has 5 nitrogen and oxygen atoms in total. The Hall–Kier alpha value is -2.47. The van der Waals surface area contributed by atoms with Crippen molar-refractivity contribution in [2.45, 2.75) is 6.92 Å². The van der Waals surface area contributed by atoms with E-state index in [1.54, 1.807) is 24.7 Å². The second-order valence-electron chi connectivity index (χ2n) is 4.24. The highest BCUT2D eigenvalue weighted by atomic mass is 32.1. The maximum atomic E-state index is 12.4. The van der Waals surface area contributed by atoms with Crippen molar-refractivity contribution in [3.63, 3.8) is 0 Å². The van der Waals surface area contributed by atoms with Crippen LogP contribution in [0.3, 0.4) is 0 Å². The van der Waals surface area contributed by atoms with Crippen molar-refractivity contribution in [3.8, 4) is 5.75 Å². The van der Waals surface area contributed by atoms with Crippen molar-refractivity contribution in [3.05, 3.63) is 57.7 Å². The van der Waals surface area contributed by atoms with Crippen LogP contribution in [0.25, 0.3) is 17.1 Å². The van der Waals surface area contributed by atoms with Crippen LogP contribution in [0.5, 0.6) is 5.75 Å². The molecule has 3 aromatic heterocycles. The van der Waals surface area contributed by atoms with Crippen LogP contribution in [0, 0.1) is 0 Å². The summed E-state index contributed by atoms with van der Waals surface area (Å²) in [5, 5.41) is 1.83. The van der Waals surface area contributed by atoms with E-state index >= 15 is 0 Å². The molecule has 0 saturated heterocycles. The molecule has 0 N–H and O–H groups in total. The van der Waals surface area contributed by atoms with Gasteiger partial charge in [0.1, 0.15) is 5.69 Å². The van der Waals surface area contributed by atoms with Crippen molar-refractivity contribution in [2.24, 2.45) is 0 Å². The first-order valence-electron chi connectivity index (χ1n) is 6.50. The second kappa shape index (κ2) is 5.88. The fraction of sp³-hybridized carbons (Fsp3) is 0.133. The van der Waals surface area contributed by atoms with E-state index in [9.17, 15) is 4.79 Å². The molecule has 0 saturated carbocycles. The van der Waals surface area contributed by atoms with Crippen LogP contribution in [0.2, 0.25) is 0 Å². The highest BCUT2D eigenvalue weighted by molar-refractivity contribution is 7.15. The van der Waals surface area contributed by atoms with Crippen LogP contribution in [0.4, 0.5) is 0 Å². The molecule has 106 valence electrons. The topological polar surface area (TPSA) is 56.5 Å². The lowest BCUT2D eigenvalue weighted by atomic mass is 10.2. The van der Waals surface area contributed by atoms with Gasteiger partial charge in [0, 0.05) is 24.0 Å². The van der Waals surface area contributed by atoms with Crippen molar-refractivity contribution >= 4 is 28.4 Å². The average molecular weight is 299 g/mol. The lowest BCUT2D eigenvalue weighted by molar-refractivity contribution is 0.332. The molecule has 3 aromatic rings. The van der Waals surface area contributed by atoms with E-state index in [2.05, 4.69) is 9.97 Å². The van der Waals surface area contributed by atoms with Crippen molar-refractivity contribution in [2.75, 3.05) is 6.61 Å². The van der Waals surface area contributed by atoms with Gasteiger partial charge in [-0.3, -0.25) is 14.2 Å². The zero-order chi connectivity index (χ0) is 14.7. The zero-order valence-electron chi connectivity index (χ0n) is 11.4. The first-order valence-corrected chi connectivity index (χ1v) is 7.38. The summed E-state index contributed by atoms with van der Waals surface area (Å²) in [4.78, 5) is 21.5. The highest BCUT2D eigenvalue weighted by Gasteiger charge is 2.12. The molecule has 0 aromatic carbocycles. The van der Waals surface area contributed by atoms with Gasteiger partial charge in [-0.05, 0) is 24.6 Å². The molecule has 0 aliphatic heterocycles. The Bertz CT molecular complexity index is 837. The molecule has 0 radical (unpaired) electrons. The fourth-order valence-corrected chi connectivity index (χ4v) is 2.64. The van der Waals surface area contributed by atoms with Gasteiger partial charge in [-0.2, -0.15) is 0 Å². The molecule has 0 amide bonds. The lowest BCUT2D eigenvalue weighted by Crippen LogP contribution is -2.17. The Morgan fingerprint density at radius 3 is 3.10 bits per heavy atom. The molecule has 3 heterocycles. The third-order valence-electron chi connectivity index (χ3n) is 2.86. The largest absolute Gasteiger partial charge is 0.487 e. The van der Waals surface area contributed by atoms with Crippen LogP contribution < -0.4 is 10.3 Å². The first-order chi connectivity index (χ1) is 10.3. The Kier molecular flexibility index (Phi) is 3.79. The van der Waals surface area contributed by atoms with Crippen LogP contribution in [0.1, 0.15) is 18.2 Å². The lowest BCUT2D eigenvalue weighted by Gasteiger charge is -2.06. The second-order valence-corrected chi connectivity index (χ2v) is 5.11. The number of rotatable bonds is 4. The summed E-state index contributed by atoms with van der Waals surface area (Å²) >= 11 is 1.41. The highest BCUT2D eigenvalue weighted by Crippen LogP contribution is 2.18. The minimum atomic E-state index is -0.186. The summed E-state index contributed by atoms with van der Waals surface area (Å²) in [6.07, 6.45) is 8.80. The summed E-state index contributed by atoms with van der Waals surface area (Å²) in [6.45, 7) is 2.26. The summed E-state index contributed by atoms with van der Waals surface area (Å²) in [5.74, 6) is 0.272. The Morgan fingerprint density at radius 1 is 1.43 bits per heavy atom. The third kappa shape index (κ3) is 2.71. The maximum Gasteiger partial charge on any atom is 0.301 e. The van der Waals surface area contributed by atoms with Crippen molar-refractivity contribution in [1.82, 2.24) is 14.4 Å². The minimum Gasteiger partial charge on any atom is -0.487 e. The minimum absolute atomic E-state index is 0.186. The molecular weight excluding hydrogens is 286 g/mol. The summed E-state index contributed by atoms with van der Waals surface area (Å²) in [6, 6.07) is 3.79. The van der Waals surface area contributed by atoms with Crippen LogP contribution in [0.15, 0.2) is 40.9 Å². The molecule has 0 bridgehead atoms. The average Bonchev–Trinajstić information content (AvgIpc) is 2.98. The summed E-state index contributed by atoms with van der Waals surface area (Å²) in [7, 11) is 0. The Morgan fingerprint density at radius 2 is 2.33 bits per heavy atom. The SMILES string of the molecule is CCOc1c(/C=C/c2cccnc2)nc2sccn2c1=O. The number of ether oxygens (including phenoxy) is 1. The van der Waals surface area contributed by atoms with E-state index in [4.69, 9.17) is 4.74 Å². The number of nitrogens with zero attached hydrogens (tertiary/aromatic N) is 3. The predicted octanol–water partition coefficient (Wildman–Crippen LogP) is 2.72. The predicted molar refractivity (Wildman–Crippen MR) is 83.7 cm³/mol. The molecule has 0 aliphatic rings. The van der Waals surface area contributed by atoms with Crippen molar-refractivity contribution < 1.29 is 4.74 Å². The van der Waals surface area contributed by atoms with E-state index < -0.39 is 0 Å². The molecule has 0 aliphatic carbocycles. The summed E-state index contributed by atoms with van der Waals surface area (Å²) < 4.78 is 6.97. The van der Waals surface area contributed by atoms with E-state index in [0.717, 1.165) is 5.56 Å².